The summed E-state index contributed by atoms with van der Waals surface area (Å²) in [6.45, 7) is 3.05. The minimum Gasteiger partial charge on any atom is -0.479 e. The summed E-state index contributed by atoms with van der Waals surface area (Å²) >= 11 is 0. The van der Waals surface area contributed by atoms with E-state index in [9.17, 15) is 19.8 Å². The van der Waals surface area contributed by atoms with Crippen molar-refractivity contribution in [2.24, 2.45) is 0 Å². The smallest absolute Gasteiger partial charge is 0.332 e. The predicted molar refractivity (Wildman–Crippen MR) is 70.4 cm³/mol. The molecule has 114 valence electrons. The van der Waals surface area contributed by atoms with Crippen molar-refractivity contribution >= 4 is 12.0 Å². The maximum atomic E-state index is 12.2. The molecule has 2 aliphatic heterocycles. The lowest BCUT2D eigenvalue weighted by molar-refractivity contribution is -0.144. The van der Waals surface area contributed by atoms with Crippen molar-refractivity contribution in [3.8, 4) is 0 Å². The third kappa shape index (κ3) is 3.21. The molecule has 0 saturated carbocycles. The fraction of sp³-hybridized carbons (Fsp3) is 0.846. The monoisotopic (exact) mass is 286 g/mol. The zero-order chi connectivity index (χ0) is 14.8. The van der Waals surface area contributed by atoms with Crippen molar-refractivity contribution in [3.63, 3.8) is 0 Å². The quantitative estimate of drug-likeness (QED) is 0.672. The van der Waals surface area contributed by atoms with E-state index >= 15 is 0 Å². The number of rotatable bonds is 2. The highest BCUT2D eigenvalue weighted by Gasteiger charge is 2.45. The Bertz CT molecular complexity index is 390. The average molecular weight is 286 g/mol. The van der Waals surface area contributed by atoms with Gasteiger partial charge in [-0.2, -0.15) is 0 Å². The van der Waals surface area contributed by atoms with Gasteiger partial charge in [0.2, 0.25) is 0 Å². The first-order valence-electron chi connectivity index (χ1n) is 6.95. The van der Waals surface area contributed by atoms with Gasteiger partial charge < -0.3 is 25.2 Å². The molecule has 2 saturated heterocycles. The van der Waals surface area contributed by atoms with E-state index in [4.69, 9.17) is 4.74 Å². The van der Waals surface area contributed by atoms with Crippen molar-refractivity contribution in [1.29, 1.82) is 0 Å². The van der Waals surface area contributed by atoms with Crippen molar-refractivity contribution in [2.45, 2.75) is 43.7 Å². The summed E-state index contributed by atoms with van der Waals surface area (Å²) in [5.41, 5.74) is -2.07. The Labute approximate surface area is 117 Å². The number of carboxylic acid groups (broad SMARTS) is 1. The van der Waals surface area contributed by atoms with Gasteiger partial charge in [0.15, 0.2) is 5.54 Å². The lowest BCUT2D eigenvalue weighted by Gasteiger charge is -2.29. The van der Waals surface area contributed by atoms with Crippen molar-refractivity contribution in [2.75, 3.05) is 26.3 Å². The Morgan fingerprint density at radius 2 is 2.00 bits per heavy atom. The number of nitrogens with zero attached hydrogens (tertiary/aromatic N) is 1. The molecule has 2 atom stereocenters. The number of likely N-dealkylation sites (tertiary alicyclic amines) is 1. The van der Waals surface area contributed by atoms with Crippen LogP contribution in [-0.4, -0.2) is 64.6 Å². The van der Waals surface area contributed by atoms with Crippen molar-refractivity contribution in [1.82, 2.24) is 10.2 Å². The van der Waals surface area contributed by atoms with Crippen LogP contribution in [0.1, 0.15) is 32.6 Å². The van der Waals surface area contributed by atoms with E-state index < -0.39 is 23.1 Å². The summed E-state index contributed by atoms with van der Waals surface area (Å²) in [6, 6.07) is -0.393. The first kappa shape index (κ1) is 15.1. The van der Waals surface area contributed by atoms with Crippen LogP contribution in [0.3, 0.4) is 0 Å². The molecule has 0 aliphatic carbocycles. The van der Waals surface area contributed by atoms with Gasteiger partial charge in [-0.3, -0.25) is 0 Å². The second-order valence-corrected chi connectivity index (χ2v) is 5.96. The fourth-order valence-corrected chi connectivity index (χ4v) is 2.64. The van der Waals surface area contributed by atoms with Crippen LogP contribution in [0.4, 0.5) is 4.79 Å². The normalized spacial score (nSPS) is 34.6. The minimum absolute atomic E-state index is 0.000368. The summed E-state index contributed by atoms with van der Waals surface area (Å²) in [7, 11) is 0. The number of amides is 2. The zero-order valence-corrected chi connectivity index (χ0v) is 11.7. The fourth-order valence-electron chi connectivity index (χ4n) is 2.64. The summed E-state index contributed by atoms with van der Waals surface area (Å²) in [4.78, 5) is 25.2. The summed E-state index contributed by atoms with van der Waals surface area (Å²) in [5, 5.41) is 21.9. The Hall–Kier alpha value is -1.34. The number of hydrogen-bond acceptors (Lipinski definition) is 4. The van der Waals surface area contributed by atoms with Crippen LogP contribution in [-0.2, 0) is 9.53 Å². The van der Waals surface area contributed by atoms with Gasteiger partial charge in [-0.1, -0.05) is 0 Å². The van der Waals surface area contributed by atoms with Crippen LogP contribution in [0.5, 0.6) is 0 Å². The molecule has 3 N–H and O–H groups in total. The number of hydrogen-bond donors (Lipinski definition) is 3. The molecule has 2 rings (SSSR count). The van der Waals surface area contributed by atoms with Gasteiger partial charge in [0.25, 0.3) is 0 Å². The highest BCUT2D eigenvalue weighted by Crippen LogP contribution is 2.23. The van der Waals surface area contributed by atoms with Crippen LogP contribution in [0.15, 0.2) is 0 Å². The van der Waals surface area contributed by atoms with Crippen LogP contribution in [0.2, 0.25) is 0 Å². The molecule has 7 heteroatoms. The summed E-state index contributed by atoms with van der Waals surface area (Å²) < 4.78 is 5.11. The van der Waals surface area contributed by atoms with Gasteiger partial charge >= 0.3 is 12.0 Å². The maximum absolute atomic E-state index is 12.2. The van der Waals surface area contributed by atoms with Crippen LogP contribution in [0.25, 0.3) is 0 Å². The van der Waals surface area contributed by atoms with E-state index in [2.05, 4.69) is 5.32 Å². The molecule has 0 bridgehead atoms. The largest absolute Gasteiger partial charge is 0.479 e. The molecule has 20 heavy (non-hydrogen) atoms. The molecule has 2 heterocycles. The second-order valence-electron chi connectivity index (χ2n) is 5.96. The van der Waals surface area contributed by atoms with E-state index in [0.717, 1.165) is 0 Å². The Balaban J connectivity index is 1.99. The van der Waals surface area contributed by atoms with Crippen LogP contribution < -0.4 is 5.32 Å². The van der Waals surface area contributed by atoms with E-state index in [-0.39, 0.29) is 13.0 Å². The standard InChI is InChI=1S/C13H22N2O5/c1-12(19)3-2-6-15(7-4-12)11(18)14-13(10(16)17)5-8-20-9-13/h19H,2-9H2,1H3,(H,14,18)(H,16,17). The van der Waals surface area contributed by atoms with Gasteiger partial charge in [-0.15, -0.1) is 0 Å². The molecule has 2 unspecified atom stereocenters. The van der Waals surface area contributed by atoms with Gasteiger partial charge in [0, 0.05) is 26.1 Å². The highest BCUT2D eigenvalue weighted by atomic mass is 16.5. The molecule has 2 aliphatic rings. The first-order valence-corrected chi connectivity index (χ1v) is 6.95. The topological polar surface area (TPSA) is 99.1 Å². The van der Waals surface area contributed by atoms with Crippen molar-refractivity contribution < 1.29 is 24.5 Å². The number of ether oxygens (including phenoxy) is 1. The van der Waals surface area contributed by atoms with Crippen LogP contribution >= 0.6 is 0 Å². The van der Waals surface area contributed by atoms with Crippen LogP contribution in [0, 0.1) is 0 Å². The highest BCUT2D eigenvalue weighted by molar-refractivity contribution is 5.86. The lowest BCUT2D eigenvalue weighted by Crippen LogP contribution is -2.58. The number of aliphatic hydroxyl groups is 1. The number of carbonyl (C=O) groups excluding carboxylic acids is 1. The SMILES string of the molecule is CC1(O)CCCN(C(=O)NC2(C(=O)O)CCOC2)CC1. The predicted octanol–water partition coefficient (Wildman–Crippen LogP) is 0.177. The Morgan fingerprint density at radius 1 is 1.25 bits per heavy atom. The Morgan fingerprint density at radius 3 is 2.60 bits per heavy atom. The molecule has 2 amide bonds. The van der Waals surface area contributed by atoms with E-state index in [0.29, 0.717) is 39.0 Å². The molecule has 0 aromatic heterocycles. The number of nitrogens with one attached hydrogen (secondary N) is 1. The lowest BCUT2D eigenvalue weighted by atomic mass is 9.98. The van der Waals surface area contributed by atoms with E-state index in [1.165, 1.54) is 0 Å². The third-order valence-corrected chi connectivity index (χ3v) is 4.13. The van der Waals surface area contributed by atoms with Crippen molar-refractivity contribution in [3.05, 3.63) is 0 Å². The third-order valence-electron chi connectivity index (χ3n) is 4.13. The van der Waals surface area contributed by atoms with Gasteiger partial charge in [0.05, 0.1) is 12.2 Å². The Kier molecular flexibility index (Phi) is 4.19. The summed E-state index contributed by atoms with van der Waals surface area (Å²) in [6.07, 6.45) is 2.12. The number of urea groups is 1. The molecule has 2 fully saturated rings. The number of aliphatic carboxylic acids is 1. The number of carbonyl (C=O) groups is 2. The first-order chi connectivity index (χ1) is 9.35. The summed E-state index contributed by atoms with van der Waals surface area (Å²) in [5.74, 6) is -1.06. The van der Waals surface area contributed by atoms with E-state index in [1.807, 2.05) is 0 Å². The molecular formula is C13H22N2O5. The zero-order valence-electron chi connectivity index (χ0n) is 11.7. The second kappa shape index (κ2) is 5.57. The molecule has 0 aromatic rings. The molecule has 0 radical (unpaired) electrons. The minimum atomic E-state index is -1.31. The van der Waals surface area contributed by atoms with Gasteiger partial charge in [-0.05, 0) is 26.2 Å². The van der Waals surface area contributed by atoms with Gasteiger partial charge in [-0.25, -0.2) is 9.59 Å². The average Bonchev–Trinajstić information content (AvgIpc) is 2.75. The molecule has 0 aromatic carbocycles. The maximum Gasteiger partial charge on any atom is 0.332 e. The van der Waals surface area contributed by atoms with Gasteiger partial charge in [0.1, 0.15) is 0 Å². The molecular weight excluding hydrogens is 264 g/mol. The molecule has 7 nitrogen and oxygen atoms in total. The number of carboxylic acids is 1. The van der Waals surface area contributed by atoms with E-state index in [1.54, 1.807) is 11.8 Å². The molecule has 0 spiro atoms.